The van der Waals surface area contributed by atoms with Gasteiger partial charge in [-0.2, -0.15) is 13.2 Å². The number of alkyl halides is 4. The second kappa shape index (κ2) is 7.01. The average Bonchev–Trinajstić information content (AvgIpc) is 2.33. The topological polar surface area (TPSA) is 18.5 Å². The summed E-state index contributed by atoms with van der Waals surface area (Å²) in [7, 11) is 0. The summed E-state index contributed by atoms with van der Waals surface area (Å²) in [6.07, 6.45) is -4.44. The van der Waals surface area contributed by atoms with Crippen LogP contribution in [-0.2, 0) is 16.8 Å². The van der Waals surface area contributed by atoms with Crippen LogP contribution in [0.1, 0.15) is 25.0 Å². The number of ether oxygens (including phenoxy) is 2. The van der Waals surface area contributed by atoms with Crippen LogP contribution >= 0.6 is 11.6 Å². The van der Waals surface area contributed by atoms with Crippen LogP contribution in [0.3, 0.4) is 0 Å². The molecule has 1 aromatic rings. The van der Waals surface area contributed by atoms with Crippen LogP contribution in [0.15, 0.2) is 18.2 Å². The summed E-state index contributed by atoms with van der Waals surface area (Å²) < 4.78 is 48.9. The normalized spacial score (nSPS) is 11.9. The molecule has 0 unspecified atom stereocenters. The largest absolute Gasteiger partial charge is 0.491 e. The van der Waals surface area contributed by atoms with Gasteiger partial charge in [-0.15, -0.1) is 11.6 Å². The van der Waals surface area contributed by atoms with Crippen molar-refractivity contribution >= 4 is 11.6 Å². The van der Waals surface area contributed by atoms with Crippen LogP contribution < -0.4 is 4.74 Å². The third-order valence-electron chi connectivity index (χ3n) is 2.30. The van der Waals surface area contributed by atoms with Gasteiger partial charge in [0.2, 0.25) is 0 Å². The molecule has 108 valence electrons. The Morgan fingerprint density at radius 1 is 1.21 bits per heavy atom. The van der Waals surface area contributed by atoms with Crippen LogP contribution in [-0.4, -0.2) is 19.3 Å². The number of benzene rings is 1. The minimum Gasteiger partial charge on any atom is -0.491 e. The first-order chi connectivity index (χ1) is 8.84. The second-order valence-electron chi connectivity index (χ2n) is 4.23. The van der Waals surface area contributed by atoms with Gasteiger partial charge in [0, 0.05) is 5.88 Å². The minimum atomic E-state index is -4.46. The molecule has 1 aromatic carbocycles. The maximum absolute atomic E-state index is 12.8. The van der Waals surface area contributed by atoms with Gasteiger partial charge in [0.1, 0.15) is 12.4 Å². The highest BCUT2D eigenvalue weighted by Crippen LogP contribution is 2.37. The Morgan fingerprint density at radius 3 is 2.42 bits per heavy atom. The Kier molecular flexibility index (Phi) is 5.94. The van der Waals surface area contributed by atoms with Crippen molar-refractivity contribution in [1.82, 2.24) is 0 Å². The molecule has 0 aromatic heterocycles. The summed E-state index contributed by atoms with van der Waals surface area (Å²) in [6, 6.07) is 3.81. The third-order valence-corrected chi connectivity index (χ3v) is 2.60. The molecule has 0 atom stereocenters. The number of halogens is 4. The van der Waals surface area contributed by atoms with Gasteiger partial charge in [-0.05, 0) is 31.5 Å². The first-order valence-corrected chi connectivity index (χ1v) is 6.38. The van der Waals surface area contributed by atoms with E-state index in [0.29, 0.717) is 5.56 Å². The Morgan fingerprint density at radius 2 is 1.89 bits per heavy atom. The van der Waals surface area contributed by atoms with Gasteiger partial charge in [-0.3, -0.25) is 0 Å². The Balaban J connectivity index is 2.76. The van der Waals surface area contributed by atoms with E-state index in [2.05, 4.69) is 0 Å². The highest BCUT2D eigenvalue weighted by molar-refractivity contribution is 6.17. The maximum atomic E-state index is 12.8. The van der Waals surface area contributed by atoms with Gasteiger partial charge >= 0.3 is 6.18 Å². The van der Waals surface area contributed by atoms with Crippen molar-refractivity contribution in [2.45, 2.75) is 32.0 Å². The molecule has 1 rings (SSSR count). The van der Waals surface area contributed by atoms with Crippen molar-refractivity contribution in [3.05, 3.63) is 29.3 Å². The van der Waals surface area contributed by atoms with E-state index in [1.165, 1.54) is 12.1 Å². The number of hydrogen-bond donors (Lipinski definition) is 0. The van der Waals surface area contributed by atoms with Crippen molar-refractivity contribution in [2.75, 3.05) is 13.2 Å². The predicted octanol–water partition coefficient (Wildman–Crippen LogP) is 4.25. The fourth-order valence-electron chi connectivity index (χ4n) is 1.44. The molecule has 0 saturated carbocycles. The lowest BCUT2D eigenvalue weighted by Crippen LogP contribution is -2.14. The van der Waals surface area contributed by atoms with Gasteiger partial charge in [-0.25, -0.2) is 0 Å². The van der Waals surface area contributed by atoms with Gasteiger partial charge < -0.3 is 9.47 Å². The third kappa shape index (κ3) is 5.28. The predicted molar refractivity (Wildman–Crippen MR) is 67.6 cm³/mol. The second-order valence-corrected chi connectivity index (χ2v) is 4.50. The van der Waals surface area contributed by atoms with Gasteiger partial charge in [-0.1, -0.05) is 6.07 Å². The average molecular weight is 297 g/mol. The van der Waals surface area contributed by atoms with Crippen molar-refractivity contribution < 1.29 is 22.6 Å². The highest BCUT2D eigenvalue weighted by Gasteiger charge is 2.34. The van der Waals surface area contributed by atoms with Crippen LogP contribution in [0.2, 0.25) is 0 Å². The van der Waals surface area contributed by atoms with Crippen molar-refractivity contribution in [3.63, 3.8) is 0 Å². The lowest BCUT2D eigenvalue weighted by molar-refractivity contribution is -0.139. The lowest BCUT2D eigenvalue weighted by atomic mass is 10.1. The molecule has 0 aliphatic rings. The van der Waals surface area contributed by atoms with E-state index in [9.17, 15) is 13.2 Å². The fourth-order valence-corrected chi connectivity index (χ4v) is 1.61. The zero-order valence-corrected chi connectivity index (χ0v) is 11.5. The van der Waals surface area contributed by atoms with Crippen LogP contribution in [0.4, 0.5) is 13.2 Å². The van der Waals surface area contributed by atoms with Crippen molar-refractivity contribution in [2.24, 2.45) is 0 Å². The Hall–Kier alpha value is -0.940. The molecular weight excluding hydrogens is 281 g/mol. The summed E-state index contributed by atoms with van der Waals surface area (Å²) in [5.74, 6) is -0.173. The first-order valence-electron chi connectivity index (χ1n) is 5.85. The molecular formula is C13H16ClF3O2. The minimum absolute atomic E-state index is 0.0179. The molecule has 0 fully saturated rings. The van der Waals surface area contributed by atoms with E-state index in [1.807, 2.05) is 13.8 Å². The van der Waals surface area contributed by atoms with Crippen molar-refractivity contribution in [1.29, 1.82) is 0 Å². The summed E-state index contributed by atoms with van der Waals surface area (Å²) in [5.41, 5.74) is -0.407. The standard InChI is InChI=1S/C13H16ClF3O2/c1-9(2)18-5-6-19-12-4-3-10(8-14)7-11(12)13(15,16)17/h3-4,7,9H,5-6,8H2,1-2H3. The molecule has 0 bridgehead atoms. The Labute approximate surface area is 115 Å². The van der Waals surface area contributed by atoms with Gasteiger partial charge in [0.05, 0.1) is 18.3 Å². The highest BCUT2D eigenvalue weighted by atomic mass is 35.5. The quantitative estimate of drug-likeness (QED) is 0.577. The zero-order chi connectivity index (χ0) is 14.5. The SMILES string of the molecule is CC(C)OCCOc1ccc(CCl)cc1C(F)(F)F. The summed E-state index contributed by atoms with van der Waals surface area (Å²) >= 11 is 5.53. The molecule has 0 aliphatic heterocycles. The molecule has 0 N–H and O–H groups in total. The molecule has 2 nitrogen and oxygen atoms in total. The van der Waals surface area contributed by atoms with Gasteiger partial charge in [0.25, 0.3) is 0 Å². The monoisotopic (exact) mass is 296 g/mol. The molecule has 0 heterocycles. The van der Waals surface area contributed by atoms with Crippen LogP contribution in [0.25, 0.3) is 0 Å². The van der Waals surface area contributed by atoms with Crippen LogP contribution in [0, 0.1) is 0 Å². The molecule has 19 heavy (non-hydrogen) atoms. The summed E-state index contributed by atoms with van der Waals surface area (Å²) in [4.78, 5) is 0. The molecule has 0 aliphatic carbocycles. The number of rotatable bonds is 6. The van der Waals surface area contributed by atoms with Crippen molar-refractivity contribution in [3.8, 4) is 5.75 Å². The summed E-state index contributed by atoms with van der Waals surface area (Å²) in [6.45, 7) is 4.00. The molecule has 0 spiro atoms. The lowest BCUT2D eigenvalue weighted by Gasteiger charge is -2.15. The van der Waals surface area contributed by atoms with E-state index in [4.69, 9.17) is 21.1 Å². The molecule has 0 amide bonds. The molecule has 6 heteroatoms. The van der Waals surface area contributed by atoms with E-state index >= 15 is 0 Å². The molecule has 0 saturated heterocycles. The smallest absolute Gasteiger partial charge is 0.419 e. The van der Waals surface area contributed by atoms with E-state index in [0.717, 1.165) is 6.07 Å². The first kappa shape index (κ1) is 16.1. The fraction of sp³-hybridized carbons (Fsp3) is 0.538. The molecule has 0 radical (unpaired) electrons. The van der Waals surface area contributed by atoms with E-state index in [-0.39, 0.29) is 30.9 Å². The van der Waals surface area contributed by atoms with E-state index in [1.54, 1.807) is 0 Å². The van der Waals surface area contributed by atoms with Gasteiger partial charge in [0.15, 0.2) is 0 Å². The number of hydrogen-bond acceptors (Lipinski definition) is 2. The summed E-state index contributed by atoms with van der Waals surface area (Å²) in [5, 5.41) is 0. The van der Waals surface area contributed by atoms with E-state index < -0.39 is 11.7 Å². The van der Waals surface area contributed by atoms with Crippen LogP contribution in [0.5, 0.6) is 5.75 Å². The zero-order valence-electron chi connectivity index (χ0n) is 10.8. The maximum Gasteiger partial charge on any atom is 0.419 e. The Bertz CT molecular complexity index is 405.